The van der Waals surface area contributed by atoms with E-state index in [1.165, 1.54) is 0 Å². The number of pyridine rings is 1. The van der Waals surface area contributed by atoms with Crippen LogP contribution in [0.25, 0.3) is 0 Å². The number of carbonyl (C=O) groups is 1. The first kappa shape index (κ1) is 15.9. The molecule has 2 aromatic rings. The maximum Gasteiger partial charge on any atom is 0.258 e. The molecule has 0 aromatic carbocycles. The molecular weight excluding hydrogens is 352 g/mol. The monoisotopic (exact) mass is 368 g/mol. The van der Waals surface area contributed by atoms with Crippen molar-refractivity contribution in [2.45, 2.75) is 26.4 Å². The number of rotatable bonds is 5. The van der Waals surface area contributed by atoms with Crippen LogP contribution in [-0.2, 0) is 6.54 Å². The molecule has 0 aliphatic heterocycles. The Hall–Kier alpha value is -1.44. The minimum atomic E-state index is -0.0971. The summed E-state index contributed by atoms with van der Waals surface area (Å²) in [7, 11) is 0. The SMILES string of the molecule is CC(C)N(Cc1cccs1)C(=O)c1cc(Br)cnc1NN. The molecule has 0 saturated carbocycles. The Balaban J connectivity index is 2.32. The van der Waals surface area contributed by atoms with Crippen LogP contribution in [0, 0.1) is 0 Å². The van der Waals surface area contributed by atoms with Gasteiger partial charge in [0.2, 0.25) is 0 Å². The number of hydrogen-bond donors (Lipinski definition) is 2. The largest absolute Gasteiger partial charge is 0.331 e. The van der Waals surface area contributed by atoms with Crippen molar-refractivity contribution >= 4 is 39.0 Å². The van der Waals surface area contributed by atoms with E-state index < -0.39 is 0 Å². The fourth-order valence-electron chi connectivity index (χ4n) is 1.93. The molecule has 112 valence electrons. The highest BCUT2D eigenvalue weighted by molar-refractivity contribution is 9.10. The second-order valence-corrected chi connectivity index (χ2v) is 6.75. The van der Waals surface area contributed by atoms with Crippen LogP contribution in [0.5, 0.6) is 0 Å². The molecule has 0 unspecified atom stereocenters. The predicted molar refractivity (Wildman–Crippen MR) is 89.1 cm³/mol. The van der Waals surface area contributed by atoms with E-state index in [0.29, 0.717) is 17.9 Å². The quantitative estimate of drug-likeness (QED) is 0.627. The third-order valence-corrected chi connectivity index (χ3v) is 4.31. The van der Waals surface area contributed by atoms with E-state index in [4.69, 9.17) is 5.84 Å². The van der Waals surface area contributed by atoms with Gasteiger partial charge in [0.25, 0.3) is 5.91 Å². The van der Waals surface area contributed by atoms with Crippen molar-refractivity contribution in [2.75, 3.05) is 5.43 Å². The fraction of sp³-hybridized carbons (Fsp3) is 0.286. The van der Waals surface area contributed by atoms with Gasteiger partial charge in [0.05, 0.1) is 12.1 Å². The van der Waals surface area contributed by atoms with E-state index in [1.807, 2.05) is 31.4 Å². The van der Waals surface area contributed by atoms with Gasteiger partial charge in [-0.05, 0) is 47.3 Å². The summed E-state index contributed by atoms with van der Waals surface area (Å²) < 4.78 is 0.740. The van der Waals surface area contributed by atoms with Gasteiger partial charge in [0, 0.05) is 21.6 Å². The smallest absolute Gasteiger partial charge is 0.258 e. The van der Waals surface area contributed by atoms with E-state index in [-0.39, 0.29) is 11.9 Å². The lowest BCUT2D eigenvalue weighted by Gasteiger charge is -2.27. The van der Waals surface area contributed by atoms with Crippen LogP contribution < -0.4 is 11.3 Å². The summed E-state index contributed by atoms with van der Waals surface area (Å²) in [5.41, 5.74) is 2.94. The standard InChI is InChI=1S/C14H17BrN4OS/c1-9(2)19(8-11-4-3-5-21-11)14(20)12-6-10(15)7-17-13(12)18-16/h3-7,9H,8,16H2,1-2H3,(H,17,18). The maximum absolute atomic E-state index is 12.8. The molecular formula is C14H17BrN4OS. The van der Waals surface area contributed by atoms with E-state index >= 15 is 0 Å². The lowest BCUT2D eigenvalue weighted by molar-refractivity contribution is 0.0693. The highest BCUT2D eigenvalue weighted by Crippen LogP contribution is 2.22. The van der Waals surface area contributed by atoms with Gasteiger partial charge in [0.1, 0.15) is 0 Å². The van der Waals surface area contributed by atoms with Gasteiger partial charge < -0.3 is 10.3 Å². The zero-order valence-corrected chi connectivity index (χ0v) is 14.2. The average Bonchev–Trinajstić information content (AvgIpc) is 2.96. The Morgan fingerprint density at radius 1 is 1.57 bits per heavy atom. The molecule has 7 heteroatoms. The number of halogens is 1. The minimum Gasteiger partial charge on any atom is -0.331 e. The Labute approximate surface area is 136 Å². The van der Waals surface area contributed by atoms with E-state index in [2.05, 4.69) is 26.3 Å². The summed E-state index contributed by atoms with van der Waals surface area (Å²) in [5.74, 6) is 5.73. The lowest BCUT2D eigenvalue weighted by Crippen LogP contribution is -2.37. The summed E-state index contributed by atoms with van der Waals surface area (Å²) in [5, 5.41) is 2.01. The van der Waals surface area contributed by atoms with Crippen LogP contribution in [0.3, 0.4) is 0 Å². The summed E-state index contributed by atoms with van der Waals surface area (Å²) in [6, 6.07) is 5.81. The van der Waals surface area contributed by atoms with Gasteiger partial charge in [-0.3, -0.25) is 4.79 Å². The molecule has 0 aliphatic carbocycles. The summed E-state index contributed by atoms with van der Waals surface area (Å²) in [4.78, 5) is 19.9. The van der Waals surface area contributed by atoms with Crippen molar-refractivity contribution in [3.63, 3.8) is 0 Å². The molecule has 2 aromatic heterocycles. The molecule has 0 saturated heterocycles. The molecule has 1 amide bonds. The summed E-state index contributed by atoms with van der Waals surface area (Å²) >= 11 is 4.98. The molecule has 0 bridgehead atoms. The first-order valence-corrected chi connectivity index (χ1v) is 8.15. The van der Waals surface area contributed by atoms with Crippen LogP contribution in [0.15, 0.2) is 34.2 Å². The highest BCUT2D eigenvalue weighted by Gasteiger charge is 2.23. The number of nitrogens with zero attached hydrogens (tertiary/aromatic N) is 2. The minimum absolute atomic E-state index is 0.0733. The molecule has 0 fully saturated rings. The van der Waals surface area contributed by atoms with Crippen LogP contribution in [0.1, 0.15) is 29.1 Å². The van der Waals surface area contributed by atoms with E-state index in [9.17, 15) is 4.79 Å². The highest BCUT2D eigenvalue weighted by atomic mass is 79.9. The average molecular weight is 369 g/mol. The van der Waals surface area contributed by atoms with Gasteiger partial charge in [-0.1, -0.05) is 6.07 Å². The van der Waals surface area contributed by atoms with Crippen molar-refractivity contribution in [2.24, 2.45) is 5.84 Å². The molecule has 0 atom stereocenters. The third kappa shape index (κ3) is 3.81. The number of thiophene rings is 1. The number of aromatic nitrogens is 1. The van der Waals surface area contributed by atoms with Crippen molar-refractivity contribution in [3.05, 3.63) is 44.7 Å². The zero-order chi connectivity index (χ0) is 15.4. The molecule has 2 rings (SSSR count). The Morgan fingerprint density at radius 2 is 2.33 bits per heavy atom. The molecule has 0 spiro atoms. The molecule has 5 nitrogen and oxygen atoms in total. The first-order chi connectivity index (χ1) is 10.0. The molecule has 3 N–H and O–H groups in total. The number of nitrogen functional groups attached to an aromatic ring is 1. The van der Waals surface area contributed by atoms with Gasteiger partial charge in [-0.25, -0.2) is 10.8 Å². The number of nitrogens with two attached hydrogens (primary N) is 1. The number of carbonyl (C=O) groups excluding carboxylic acids is 1. The van der Waals surface area contributed by atoms with Gasteiger partial charge in [-0.15, -0.1) is 11.3 Å². The third-order valence-electron chi connectivity index (χ3n) is 3.01. The topological polar surface area (TPSA) is 71.2 Å². The van der Waals surface area contributed by atoms with Crippen LogP contribution in [-0.4, -0.2) is 21.8 Å². The van der Waals surface area contributed by atoms with Crippen molar-refractivity contribution in [1.29, 1.82) is 0 Å². The van der Waals surface area contributed by atoms with Gasteiger partial charge in [-0.2, -0.15) is 0 Å². The number of hydrazine groups is 1. The van der Waals surface area contributed by atoms with Crippen molar-refractivity contribution in [3.8, 4) is 0 Å². The Bertz CT molecular complexity index is 615. The van der Waals surface area contributed by atoms with Crippen LogP contribution >= 0.6 is 27.3 Å². The van der Waals surface area contributed by atoms with Gasteiger partial charge >= 0.3 is 0 Å². The lowest BCUT2D eigenvalue weighted by atomic mass is 10.2. The second kappa shape index (κ2) is 7.02. The molecule has 0 radical (unpaired) electrons. The molecule has 21 heavy (non-hydrogen) atoms. The normalized spacial score (nSPS) is 10.7. The molecule has 0 aliphatic rings. The summed E-state index contributed by atoms with van der Waals surface area (Å²) in [6.45, 7) is 4.56. The van der Waals surface area contributed by atoms with Crippen molar-refractivity contribution < 1.29 is 4.79 Å². The zero-order valence-electron chi connectivity index (χ0n) is 11.8. The first-order valence-electron chi connectivity index (χ1n) is 6.48. The van der Waals surface area contributed by atoms with Crippen molar-refractivity contribution in [1.82, 2.24) is 9.88 Å². The predicted octanol–water partition coefficient (Wildman–Crippen LogP) is 3.24. The maximum atomic E-state index is 12.8. The Morgan fingerprint density at radius 3 is 2.90 bits per heavy atom. The Kier molecular flexibility index (Phi) is 5.33. The van der Waals surface area contributed by atoms with Gasteiger partial charge in [0.15, 0.2) is 5.82 Å². The fourth-order valence-corrected chi connectivity index (χ4v) is 2.97. The second-order valence-electron chi connectivity index (χ2n) is 4.80. The number of hydrogen-bond acceptors (Lipinski definition) is 5. The summed E-state index contributed by atoms with van der Waals surface area (Å²) in [6.07, 6.45) is 1.60. The molecule has 2 heterocycles. The van der Waals surface area contributed by atoms with E-state index in [1.54, 1.807) is 28.5 Å². The van der Waals surface area contributed by atoms with Crippen LogP contribution in [0.4, 0.5) is 5.82 Å². The van der Waals surface area contributed by atoms with E-state index in [0.717, 1.165) is 9.35 Å². The number of nitrogens with one attached hydrogen (secondary N) is 1. The van der Waals surface area contributed by atoms with Crippen LogP contribution in [0.2, 0.25) is 0 Å². The number of anilines is 1. The number of amides is 1.